The highest BCUT2D eigenvalue weighted by molar-refractivity contribution is 14.1. The van der Waals surface area contributed by atoms with Gasteiger partial charge in [-0.15, -0.1) is 0 Å². The first-order valence-electron chi connectivity index (χ1n) is 2.19. The maximum absolute atomic E-state index is 10.5. The van der Waals surface area contributed by atoms with E-state index in [9.17, 15) is 13.2 Å². The van der Waals surface area contributed by atoms with Crippen LogP contribution in [0.2, 0.25) is 0 Å². The number of alkyl halides is 1. The maximum Gasteiger partial charge on any atom is 0.170 e. The van der Waals surface area contributed by atoms with E-state index in [1.807, 2.05) is 0 Å². The fourth-order valence-electron chi connectivity index (χ4n) is 0.301. The molecule has 0 heterocycles. The predicted octanol–water partition coefficient (Wildman–Crippen LogP) is 0.381. The van der Waals surface area contributed by atoms with Gasteiger partial charge in [0.25, 0.3) is 0 Å². The number of carbonyl (C=O) groups is 1. The molecule has 0 unspecified atom stereocenters. The van der Waals surface area contributed by atoms with Crippen LogP contribution in [0.15, 0.2) is 0 Å². The molecule has 0 spiro atoms. The number of ketones is 1. The number of Topliss-reactive ketones (excluding diaryl/α,β-unsaturated/α-hetero) is 1. The maximum atomic E-state index is 10.5. The van der Waals surface area contributed by atoms with Crippen molar-refractivity contribution in [2.75, 3.05) is 6.26 Å². The van der Waals surface area contributed by atoms with Gasteiger partial charge in [-0.3, -0.25) is 4.79 Å². The quantitative estimate of drug-likeness (QED) is 0.534. The highest BCUT2D eigenvalue weighted by Crippen LogP contribution is 2.08. The Morgan fingerprint density at radius 1 is 1.56 bits per heavy atom. The van der Waals surface area contributed by atoms with Crippen molar-refractivity contribution in [3.05, 3.63) is 0 Å². The second-order valence-electron chi connectivity index (χ2n) is 1.76. The van der Waals surface area contributed by atoms with E-state index >= 15 is 0 Å². The summed E-state index contributed by atoms with van der Waals surface area (Å²) >= 11 is 1.60. The smallest absolute Gasteiger partial charge is 0.170 e. The first-order chi connectivity index (χ1) is 3.85. The average molecular weight is 262 g/mol. The minimum absolute atomic E-state index is 0.321. The standard InChI is InChI=1S/C4H7IO3S/c1-3(6)4(5)9(2,7)8/h4H,1-2H3/t4-/m1/s1. The van der Waals surface area contributed by atoms with E-state index in [-0.39, 0.29) is 5.78 Å². The molecule has 0 fully saturated rings. The summed E-state index contributed by atoms with van der Waals surface area (Å²) in [6.45, 7) is 1.26. The summed E-state index contributed by atoms with van der Waals surface area (Å²) in [7, 11) is -3.16. The van der Waals surface area contributed by atoms with Gasteiger partial charge in [-0.25, -0.2) is 8.42 Å². The number of halogens is 1. The van der Waals surface area contributed by atoms with Gasteiger partial charge in [-0.1, -0.05) is 22.6 Å². The van der Waals surface area contributed by atoms with E-state index in [1.54, 1.807) is 22.6 Å². The van der Waals surface area contributed by atoms with Crippen molar-refractivity contribution >= 4 is 38.2 Å². The summed E-state index contributed by atoms with van der Waals surface area (Å²) < 4.78 is 20.2. The van der Waals surface area contributed by atoms with Gasteiger partial charge in [0.15, 0.2) is 18.9 Å². The van der Waals surface area contributed by atoms with Crippen molar-refractivity contribution in [3.63, 3.8) is 0 Å². The monoisotopic (exact) mass is 262 g/mol. The van der Waals surface area contributed by atoms with Crippen LogP contribution in [-0.2, 0) is 14.6 Å². The number of sulfone groups is 1. The van der Waals surface area contributed by atoms with Crippen molar-refractivity contribution in [1.82, 2.24) is 0 Å². The number of hydrogen-bond acceptors (Lipinski definition) is 3. The van der Waals surface area contributed by atoms with Crippen LogP contribution >= 0.6 is 22.6 Å². The summed E-state index contributed by atoms with van der Waals surface area (Å²) in [5.74, 6) is -0.321. The van der Waals surface area contributed by atoms with Gasteiger partial charge in [0.1, 0.15) is 0 Å². The molecule has 5 heteroatoms. The summed E-state index contributed by atoms with van der Waals surface area (Å²) in [6, 6.07) is 0. The molecule has 3 nitrogen and oxygen atoms in total. The van der Waals surface area contributed by atoms with Crippen molar-refractivity contribution in [1.29, 1.82) is 0 Å². The van der Waals surface area contributed by atoms with Crippen LogP contribution in [0, 0.1) is 0 Å². The lowest BCUT2D eigenvalue weighted by molar-refractivity contribution is -0.115. The van der Waals surface area contributed by atoms with Crippen molar-refractivity contribution < 1.29 is 13.2 Å². The molecule has 0 rings (SSSR count). The fraction of sp³-hybridized carbons (Fsp3) is 0.750. The lowest BCUT2D eigenvalue weighted by Crippen LogP contribution is -2.20. The molecule has 0 saturated heterocycles. The Morgan fingerprint density at radius 3 is 1.89 bits per heavy atom. The Bertz CT molecular complexity index is 206. The number of carbonyl (C=O) groups excluding carboxylic acids is 1. The third kappa shape index (κ3) is 3.14. The minimum Gasteiger partial charge on any atom is -0.298 e. The van der Waals surface area contributed by atoms with Crippen LogP contribution in [0.1, 0.15) is 6.92 Å². The Labute approximate surface area is 67.9 Å². The molecule has 1 atom stereocenters. The van der Waals surface area contributed by atoms with Gasteiger partial charge in [0.2, 0.25) is 0 Å². The molecule has 0 saturated carbocycles. The van der Waals surface area contributed by atoms with Crippen LogP contribution in [0.3, 0.4) is 0 Å². The fourth-order valence-corrected chi connectivity index (χ4v) is 0.904. The molecule has 9 heavy (non-hydrogen) atoms. The van der Waals surface area contributed by atoms with Crippen LogP contribution < -0.4 is 0 Å². The highest BCUT2D eigenvalue weighted by Gasteiger charge is 2.20. The van der Waals surface area contributed by atoms with Crippen LogP contribution in [0.4, 0.5) is 0 Å². The van der Waals surface area contributed by atoms with Gasteiger partial charge in [0, 0.05) is 6.26 Å². The third-order valence-electron chi connectivity index (χ3n) is 0.696. The van der Waals surface area contributed by atoms with Crippen molar-refractivity contribution in [3.8, 4) is 0 Å². The second kappa shape index (κ2) is 2.96. The van der Waals surface area contributed by atoms with Gasteiger partial charge >= 0.3 is 0 Å². The first-order valence-corrected chi connectivity index (χ1v) is 5.39. The van der Waals surface area contributed by atoms with Gasteiger partial charge < -0.3 is 0 Å². The molecule has 0 bridgehead atoms. The Morgan fingerprint density at radius 2 is 1.89 bits per heavy atom. The minimum atomic E-state index is -3.16. The predicted molar refractivity (Wildman–Crippen MR) is 43.3 cm³/mol. The summed E-state index contributed by atoms with van der Waals surface area (Å²) in [5, 5.41) is 0. The SMILES string of the molecule is CC(=O)[C@H](I)S(C)(=O)=O. The number of rotatable bonds is 2. The zero-order valence-electron chi connectivity index (χ0n) is 5.09. The Hall–Kier alpha value is 0.350. The zero-order chi connectivity index (χ0) is 7.65. The van der Waals surface area contributed by atoms with E-state index in [2.05, 4.69) is 0 Å². The normalized spacial score (nSPS) is 15.0. The molecule has 0 radical (unpaired) electrons. The van der Waals surface area contributed by atoms with Crippen LogP contribution in [-0.4, -0.2) is 23.7 Å². The molecule has 0 aromatic carbocycles. The molecular weight excluding hydrogens is 255 g/mol. The molecule has 0 amide bonds. The molecule has 0 aliphatic heterocycles. The van der Waals surface area contributed by atoms with E-state index in [0.29, 0.717) is 0 Å². The molecule has 0 aliphatic rings. The average Bonchev–Trinajstić information content (AvgIpc) is 1.62. The molecule has 0 aliphatic carbocycles. The second-order valence-corrected chi connectivity index (χ2v) is 5.98. The Kier molecular flexibility index (Phi) is 3.07. The lowest BCUT2D eigenvalue weighted by Gasteiger charge is -1.99. The van der Waals surface area contributed by atoms with Crippen LogP contribution in [0.25, 0.3) is 0 Å². The molecule has 54 valence electrons. The lowest BCUT2D eigenvalue weighted by atomic mass is 10.5. The molecule has 0 N–H and O–H groups in total. The van der Waals surface area contributed by atoms with E-state index in [0.717, 1.165) is 6.26 Å². The summed E-state index contributed by atoms with van der Waals surface area (Å²) in [4.78, 5) is 10.4. The summed E-state index contributed by atoms with van der Waals surface area (Å²) in [6.07, 6.45) is 1.05. The van der Waals surface area contributed by atoms with Crippen LogP contribution in [0.5, 0.6) is 0 Å². The highest BCUT2D eigenvalue weighted by atomic mass is 127. The van der Waals surface area contributed by atoms with Gasteiger partial charge in [0.05, 0.1) is 0 Å². The van der Waals surface area contributed by atoms with E-state index < -0.39 is 13.1 Å². The van der Waals surface area contributed by atoms with E-state index in [4.69, 9.17) is 0 Å². The van der Waals surface area contributed by atoms with E-state index in [1.165, 1.54) is 6.92 Å². The van der Waals surface area contributed by atoms with Gasteiger partial charge in [-0.05, 0) is 6.92 Å². The largest absolute Gasteiger partial charge is 0.298 e. The molecule has 0 aromatic heterocycles. The van der Waals surface area contributed by atoms with Crippen molar-refractivity contribution in [2.45, 2.75) is 10.2 Å². The summed E-state index contributed by atoms with van der Waals surface area (Å²) in [5.41, 5.74) is 0. The molecular formula is C4H7IO3S. The zero-order valence-corrected chi connectivity index (χ0v) is 8.06. The third-order valence-corrected chi connectivity index (χ3v) is 5.43. The van der Waals surface area contributed by atoms with Crippen molar-refractivity contribution in [2.24, 2.45) is 0 Å². The molecule has 0 aromatic rings. The first kappa shape index (κ1) is 9.35. The van der Waals surface area contributed by atoms with Gasteiger partial charge in [-0.2, -0.15) is 0 Å². The Balaban J connectivity index is 4.43. The number of hydrogen-bond donors (Lipinski definition) is 0. The topological polar surface area (TPSA) is 51.2 Å².